The fourth-order valence-electron chi connectivity index (χ4n) is 2.05. The van der Waals surface area contributed by atoms with Crippen molar-refractivity contribution in [2.24, 2.45) is 0 Å². The smallest absolute Gasteiger partial charge is 0.142 e. The third-order valence-corrected chi connectivity index (χ3v) is 3.89. The molecule has 1 aromatic carbocycles. The summed E-state index contributed by atoms with van der Waals surface area (Å²) in [5.74, 6) is 0. The number of nitriles is 2. The molecule has 0 atom stereocenters. The minimum Gasteiger partial charge on any atom is -0.252 e. The van der Waals surface area contributed by atoms with Gasteiger partial charge in [-0.2, -0.15) is 10.5 Å². The zero-order chi connectivity index (χ0) is 14.3. The number of hydrogen-bond acceptors (Lipinski definition) is 4. The second kappa shape index (κ2) is 4.72. The van der Waals surface area contributed by atoms with E-state index in [-0.39, 0.29) is 5.69 Å². The molecule has 0 saturated carbocycles. The zero-order valence-corrected chi connectivity index (χ0v) is 12.2. The summed E-state index contributed by atoms with van der Waals surface area (Å²) in [5.41, 5.74) is 1.77. The molecule has 2 heterocycles. The van der Waals surface area contributed by atoms with Crippen LogP contribution < -0.4 is 0 Å². The van der Waals surface area contributed by atoms with Crippen LogP contribution in [0.4, 0.5) is 0 Å². The first kappa shape index (κ1) is 12.8. The molecule has 20 heavy (non-hydrogen) atoms. The molecular formula is C14H4BrClN4. The molecule has 0 aliphatic heterocycles. The van der Waals surface area contributed by atoms with Crippen LogP contribution in [-0.4, -0.2) is 9.97 Å². The topological polar surface area (TPSA) is 73.4 Å². The van der Waals surface area contributed by atoms with Crippen molar-refractivity contribution in [1.29, 1.82) is 10.5 Å². The molecule has 3 aromatic rings. The van der Waals surface area contributed by atoms with Crippen LogP contribution in [0.1, 0.15) is 11.3 Å². The van der Waals surface area contributed by atoms with Crippen LogP contribution in [-0.2, 0) is 0 Å². The van der Waals surface area contributed by atoms with Gasteiger partial charge in [-0.15, -0.1) is 0 Å². The van der Waals surface area contributed by atoms with E-state index < -0.39 is 0 Å². The predicted molar refractivity (Wildman–Crippen MR) is 79.2 cm³/mol. The number of fused-ring (bicyclic) bond motifs is 3. The molecule has 0 N–H and O–H groups in total. The van der Waals surface area contributed by atoms with Crippen molar-refractivity contribution < 1.29 is 0 Å². The van der Waals surface area contributed by atoms with Gasteiger partial charge in [-0.1, -0.05) is 23.7 Å². The summed E-state index contributed by atoms with van der Waals surface area (Å²) in [7, 11) is 0. The van der Waals surface area contributed by atoms with Crippen LogP contribution in [0.25, 0.3) is 21.8 Å². The molecule has 6 heteroatoms. The molecule has 94 valence electrons. The summed E-state index contributed by atoms with van der Waals surface area (Å²) >= 11 is 9.39. The van der Waals surface area contributed by atoms with E-state index in [1.54, 1.807) is 12.1 Å². The van der Waals surface area contributed by atoms with Crippen molar-refractivity contribution in [3.63, 3.8) is 0 Å². The fraction of sp³-hybridized carbons (Fsp3) is 0. The van der Waals surface area contributed by atoms with Crippen molar-refractivity contribution >= 4 is 49.3 Å². The van der Waals surface area contributed by atoms with Crippen LogP contribution in [0.3, 0.4) is 0 Å². The number of halogens is 2. The molecule has 2 aromatic heterocycles. The van der Waals surface area contributed by atoms with E-state index in [2.05, 4.69) is 32.0 Å². The molecule has 4 nitrogen and oxygen atoms in total. The first-order valence-electron chi connectivity index (χ1n) is 5.53. The van der Waals surface area contributed by atoms with E-state index in [1.165, 1.54) is 6.20 Å². The zero-order valence-electron chi connectivity index (χ0n) is 9.85. The monoisotopic (exact) mass is 342 g/mol. The van der Waals surface area contributed by atoms with Crippen molar-refractivity contribution in [2.45, 2.75) is 0 Å². The molecule has 0 unspecified atom stereocenters. The van der Waals surface area contributed by atoms with Crippen molar-refractivity contribution in [1.82, 2.24) is 9.97 Å². The second-order valence-corrected chi connectivity index (χ2v) is 5.31. The Morgan fingerprint density at radius 2 is 1.85 bits per heavy atom. The molecule has 0 spiro atoms. The average molecular weight is 344 g/mol. The second-order valence-electron chi connectivity index (χ2n) is 4.05. The summed E-state index contributed by atoms with van der Waals surface area (Å²) in [4.78, 5) is 8.54. The Morgan fingerprint density at radius 1 is 1.10 bits per heavy atom. The highest BCUT2D eigenvalue weighted by atomic mass is 79.9. The largest absolute Gasteiger partial charge is 0.252 e. The Bertz CT molecular complexity index is 953. The van der Waals surface area contributed by atoms with Crippen LogP contribution in [0.15, 0.2) is 28.9 Å². The summed E-state index contributed by atoms with van der Waals surface area (Å²) < 4.78 is 0.760. The lowest BCUT2D eigenvalue weighted by atomic mass is 10.1. The van der Waals surface area contributed by atoms with Gasteiger partial charge in [-0.25, -0.2) is 4.98 Å². The average Bonchev–Trinajstić information content (AvgIpc) is 2.46. The van der Waals surface area contributed by atoms with Gasteiger partial charge < -0.3 is 0 Å². The summed E-state index contributed by atoms with van der Waals surface area (Å²) in [6.45, 7) is 0. The normalized spacial score (nSPS) is 10.4. The Hall–Kier alpha value is -2.21. The third-order valence-electron chi connectivity index (χ3n) is 2.95. The molecule has 0 bridgehead atoms. The van der Waals surface area contributed by atoms with Crippen molar-refractivity contribution in [3.8, 4) is 12.1 Å². The van der Waals surface area contributed by atoms with E-state index in [0.717, 1.165) is 9.86 Å². The SMILES string of the molecule is N#Cc1cc(Br)c2ccc3c(C#N)c(Cl)cnc3c2n1. The van der Waals surface area contributed by atoms with Gasteiger partial charge in [0, 0.05) is 21.4 Å². The van der Waals surface area contributed by atoms with Crippen molar-refractivity contribution in [3.05, 3.63) is 45.1 Å². The van der Waals surface area contributed by atoms with Gasteiger partial charge in [0.2, 0.25) is 0 Å². The highest BCUT2D eigenvalue weighted by Gasteiger charge is 2.13. The van der Waals surface area contributed by atoms with Gasteiger partial charge in [0.1, 0.15) is 17.8 Å². The molecule has 0 aliphatic rings. The minimum atomic E-state index is 0.284. The van der Waals surface area contributed by atoms with E-state index in [0.29, 0.717) is 27.0 Å². The fourth-order valence-corrected chi connectivity index (χ4v) is 2.78. The molecule has 3 rings (SSSR count). The van der Waals surface area contributed by atoms with Gasteiger partial charge in [0.05, 0.1) is 21.6 Å². The minimum absolute atomic E-state index is 0.284. The number of aromatic nitrogens is 2. The van der Waals surface area contributed by atoms with Crippen LogP contribution in [0.5, 0.6) is 0 Å². The Kier molecular flexibility index (Phi) is 3.02. The lowest BCUT2D eigenvalue weighted by molar-refractivity contribution is 1.31. The van der Waals surface area contributed by atoms with E-state index in [1.807, 2.05) is 12.1 Å². The van der Waals surface area contributed by atoms with E-state index in [9.17, 15) is 5.26 Å². The quantitative estimate of drug-likeness (QED) is 0.579. The molecular weight excluding hydrogens is 340 g/mol. The Labute approximate surface area is 127 Å². The highest BCUT2D eigenvalue weighted by Crippen LogP contribution is 2.31. The highest BCUT2D eigenvalue weighted by molar-refractivity contribution is 9.10. The predicted octanol–water partition coefficient (Wildman–Crippen LogP) is 3.94. The Morgan fingerprint density at radius 3 is 2.55 bits per heavy atom. The molecule has 0 aliphatic carbocycles. The Balaban J connectivity index is 2.58. The number of benzene rings is 1. The van der Waals surface area contributed by atoms with Crippen LogP contribution in [0, 0.1) is 22.7 Å². The molecule has 0 saturated heterocycles. The number of pyridine rings is 2. The number of hydrogen-bond donors (Lipinski definition) is 0. The lowest BCUT2D eigenvalue weighted by Gasteiger charge is -2.06. The summed E-state index contributed by atoms with van der Waals surface area (Å²) in [5, 5.41) is 20.0. The molecule has 0 radical (unpaired) electrons. The maximum Gasteiger partial charge on any atom is 0.142 e. The van der Waals surface area contributed by atoms with Gasteiger partial charge in [-0.3, -0.25) is 4.98 Å². The van der Waals surface area contributed by atoms with Gasteiger partial charge in [0.15, 0.2) is 0 Å². The number of rotatable bonds is 0. The first-order chi connectivity index (χ1) is 9.65. The maximum absolute atomic E-state index is 9.20. The number of nitrogens with zero attached hydrogens (tertiary/aromatic N) is 4. The van der Waals surface area contributed by atoms with Gasteiger partial charge in [0.25, 0.3) is 0 Å². The van der Waals surface area contributed by atoms with E-state index >= 15 is 0 Å². The van der Waals surface area contributed by atoms with Crippen molar-refractivity contribution in [2.75, 3.05) is 0 Å². The lowest BCUT2D eigenvalue weighted by Crippen LogP contribution is -1.92. The first-order valence-corrected chi connectivity index (χ1v) is 6.70. The van der Waals surface area contributed by atoms with Crippen LogP contribution in [0.2, 0.25) is 5.02 Å². The summed E-state index contributed by atoms with van der Waals surface area (Å²) in [6.07, 6.45) is 1.43. The third kappa shape index (κ3) is 1.80. The molecule has 0 amide bonds. The van der Waals surface area contributed by atoms with Crippen LogP contribution >= 0.6 is 27.5 Å². The maximum atomic E-state index is 9.20. The summed E-state index contributed by atoms with van der Waals surface area (Å²) in [6, 6.07) is 9.34. The van der Waals surface area contributed by atoms with Gasteiger partial charge >= 0.3 is 0 Å². The standard InChI is InChI=1S/C14H4BrClN4/c15-11-3-7(4-17)20-14-9(11)2-1-8-10(5-18)12(16)6-19-13(8)14/h1-3,6H. The van der Waals surface area contributed by atoms with Gasteiger partial charge in [-0.05, 0) is 22.0 Å². The van der Waals surface area contributed by atoms with E-state index in [4.69, 9.17) is 16.9 Å². The molecule has 0 fully saturated rings.